The molecule has 1 aliphatic rings. The fourth-order valence-electron chi connectivity index (χ4n) is 2.62. The zero-order valence-corrected chi connectivity index (χ0v) is 11.7. The van der Waals surface area contributed by atoms with Crippen molar-refractivity contribution in [2.24, 2.45) is 0 Å². The summed E-state index contributed by atoms with van der Waals surface area (Å²) in [6.45, 7) is 9.85. The number of rotatable bonds is 4. The summed E-state index contributed by atoms with van der Waals surface area (Å²) in [6, 6.07) is 2.60. The minimum Gasteiger partial charge on any atom is -0.367 e. The van der Waals surface area contributed by atoms with E-state index in [-0.39, 0.29) is 0 Å². The van der Waals surface area contributed by atoms with Crippen molar-refractivity contribution < 1.29 is 0 Å². The van der Waals surface area contributed by atoms with Crippen LogP contribution in [-0.2, 0) is 0 Å². The molecule has 2 rings (SSSR count). The van der Waals surface area contributed by atoms with Crippen molar-refractivity contribution in [3.63, 3.8) is 0 Å². The third-order valence-corrected chi connectivity index (χ3v) is 3.45. The van der Waals surface area contributed by atoms with Gasteiger partial charge in [0.25, 0.3) is 0 Å². The first-order chi connectivity index (χ1) is 8.67. The van der Waals surface area contributed by atoms with Crippen molar-refractivity contribution in [2.75, 3.05) is 25.0 Å². The number of likely N-dealkylation sites (tertiary alicyclic amines) is 1. The predicted octanol–water partition coefficient (Wildman–Crippen LogP) is 2.38. The molecule has 0 saturated carbocycles. The largest absolute Gasteiger partial charge is 0.367 e. The molecule has 0 aromatic carbocycles. The van der Waals surface area contributed by atoms with Gasteiger partial charge in [0, 0.05) is 30.9 Å². The van der Waals surface area contributed by atoms with Gasteiger partial charge in [-0.15, -0.1) is 0 Å². The summed E-state index contributed by atoms with van der Waals surface area (Å²) in [6.07, 6.45) is 3.67. The summed E-state index contributed by atoms with van der Waals surface area (Å²) in [7, 11) is 0. The maximum absolute atomic E-state index is 4.45. The normalized spacial score (nSPS) is 17.9. The topological polar surface area (TPSA) is 41.0 Å². The Balaban J connectivity index is 1.87. The number of hydrogen-bond acceptors (Lipinski definition) is 4. The van der Waals surface area contributed by atoms with Crippen molar-refractivity contribution in [3.05, 3.63) is 17.6 Å². The van der Waals surface area contributed by atoms with E-state index in [2.05, 4.69) is 27.1 Å². The van der Waals surface area contributed by atoms with Crippen LogP contribution < -0.4 is 5.32 Å². The standard InChI is InChI=1S/C14H24N4/c1-4-7-18-8-5-13(6-9-18)17-14-10-11(2)15-12(3)16-14/h10,13H,4-9H2,1-3H3,(H,15,16,17). The van der Waals surface area contributed by atoms with E-state index in [1.165, 1.54) is 38.9 Å². The molecule has 1 aromatic heterocycles. The molecule has 0 atom stereocenters. The smallest absolute Gasteiger partial charge is 0.130 e. The molecule has 0 radical (unpaired) electrons. The molecule has 1 fully saturated rings. The van der Waals surface area contributed by atoms with Gasteiger partial charge < -0.3 is 10.2 Å². The molecule has 0 aliphatic carbocycles. The van der Waals surface area contributed by atoms with E-state index in [0.29, 0.717) is 6.04 Å². The Hall–Kier alpha value is -1.16. The maximum Gasteiger partial charge on any atom is 0.130 e. The fourth-order valence-corrected chi connectivity index (χ4v) is 2.62. The first-order valence-electron chi connectivity index (χ1n) is 6.98. The SMILES string of the molecule is CCCN1CCC(Nc2cc(C)nc(C)n2)CC1. The monoisotopic (exact) mass is 248 g/mol. The van der Waals surface area contributed by atoms with Crippen molar-refractivity contribution in [1.82, 2.24) is 14.9 Å². The van der Waals surface area contributed by atoms with Crippen molar-refractivity contribution in [3.8, 4) is 0 Å². The van der Waals surface area contributed by atoms with Crippen LogP contribution in [0.25, 0.3) is 0 Å². The summed E-state index contributed by atoms with van der Waals surface area (Å²) in [5.74, 6) is 1.83. The molecular formula is C14H24N4. The van der Waals surface area contributed by atoms with Gasteiger partial charge in [0.15, 0.2) is 0 Å². The second-order valence-corrected chi connectivity index (χ2v) is 5.20. The fraction of sp³-hybridized carbons (Fsp3) is 0.714. The van der Waals surface area contributed by atoms with Crippen LogP contribution in [0, 0.1) is 13.8 Å². The number of nitrogens with zero attached hydrogens (tertiary/aromatic N) is 3. The molecular weight excluding hydrogens is 224 g/mol. The zero-order chi connectivity index (χ0) is 13.0. The van der Waals surface area contributed by atoms with E-state index >= 15 is 0 Å². The van der Waals surface area contributed by atoms with Gasteiger partial charge in [-0.3, -0.25) is 0 Å². The molecule has 100 valence electrons. The quantitative estimate of drug-likeness (QED) is 0.888. The molecule has 4 nitrogen and oxygen atoms in total. The first-order valence-corrected chi connectivity index (χ1v) is 6.98. The average molecular weight is 248 g/mol. The number of aryl methyl sites for hydroxylation is 2. The van der Waals surface area contributed by atoms with Crippen LogP contribution in [0.3, 0.4) is 0 Å². The summed E-state index contributed by atoms with van der Waals surface area (Å²) < 4.78 is 0. The summed E-state index contributed by atoms with van der Waals surface area (Å²) in [5.41, 5.74) is 1.04. The highest BCUT2D eigenvalue weighted by Gasteiger charge is 2.18. The summed E-state index contributed by atoms with van der Waals surface area (Å²) >= 11 is 0. The molecule has 0 unspecified atom stereocenters. The third kappa shape index (κ3) is 3.67. The molecule has 1 aliphatic heterocycles. The molecule has 1 saturated heterocycles. The Morgan fingerprint density at radius 2 is 2.00 bits per heavy atom. The van der Waals surface area contributed by atoms with E-state index in [0.717, 1.165) is 17.3 Å². The molecule has 1 aromatic rings. The van der Waals surface area contributed by atoms with E-state index < -0.39 is 0 Å². The van der Waals surface area contributed by atoms with E-state index in [9.17, 15) is 0 Å². The van der Waals surface area contributed by atoms with Gasteiger partial charge in [-0.1, -0.05) is 6.92 Å². The van der Waals surface area contributed by atoms with Crippen molar-refractivity contribution >= 4 is 5.82 Å². The van der Waals surface area contributed by atoms with Gasteiger partial charge in [-0.25, -0.2) is 9.97 Å². The van der Waals surface area contributed by atoms with Crippen LogP contribution in [0.1, 0.15) is 37.7 Å². The van der Waals surface area contributed by atoms with Gasteiger partial charge in [0.1, 0.15) is 11.6 Å². The molecule has 4 heteroatoms. The van der Waals surface area contributed by atoms with E-state index in [1.807, 2.05) is 19.9 Å². The number of nitrogens with one attached hydrogen (secondary N) is 1. The average Bonchev–Trinajstić information content (AvgIpc) is 2.31. The Bertz CT molecular complexity index is 363. The Labute approximate surface area is 110 Å². The lowest BCUT2D eigenvalue weighted by molar-refractivity contribution is 0.219. The molecule has 0 bridgehead atoms. The zero-order valence-electron chi connectivity index (χ0n) is 11.7. The molecule has 0 spiro atoms. The second-order valence-electron chi connectivity index (χ2n) is 5.20. The highest BCUT2D eigenvalue weighted by atomic mass is 15.1. The predicted molar refractivity (Wildman–Crippen MR) is 74.9 cm³/mol. The highest BCUT2D eigenvalue weighted by molar-refractivity contribution is 5.36. The lowest BCUT2D eigenvalue weighted by Gasteiger charge is -2.32. The number of aromatic nitrogens is 2. The number of hydrogen-bond donors (Lipinski definition) is 1. The molecule has 1 N–H and O–H groups in total. The number of anilines is 1. The van der Waals surface area contributed by atoms with Crippen LogP contribution in [0.5, 0.6) is 0 Å². The third-order valence-electron chi connectivity index (χ3n) is 3.45. The lowest BCUT2D eigenvalue weighted by atomic mass is 10.0. The van der Waals surface area contributed by atoms with Gasteiger partial charge in [0.05, 0.1) is 0 Å². The second kappa shape index (κ2) is 6.14. The lowest BCUT2D eigenvalue weighted by Crippen LogP contribution is -2.39. The molecule has 18 heavy (non-hydrogen) atoms. The van der Waals surface area contributed by atoms with E-state index in [4.69, 9.17) is 0 Å². The Morgan fingerprint density at radius 1 is 1.28 bits per heavy atom. The van der Waals surface area contributed by atoms with Crippen LogP contribution in [0.4, 0.5) is 5.82 Å². The van der Waals surface area contributed by atoms with Gasteiger partial charge >= 0.3 is 0 Å². The summed E-state index contributed by atoms with van der Waals surface area (Å²) in [5, 5.41) is 3.55. The molecule has 0 amide bonds. The van der Waals surface area contributed by atoms with Crippen LogP contribution in [0.15, 0.2) is 6.07 Å². The van der Waals surface area contributed by atoms with Crippen LogP contribution in [-0.4, -0.2) is 40.5 Å². The van der Waals surface area contributed by atoms with Crippen LogP contribution in [0.2, 0.25) is 0 Å². The maximum atomic E-state index is 4.45. The minimum absolute atomic E-state index is 0.562. The van der Waals surface area contributed by atoms with E-state index in [1.54, 1.807) is 0 Å². The van der Waals surface area contributed by atoms with Gasteiger partial charge in [0.2, 0.25) is 0 Å². The van der Waals surface area contributed by atoms with Crippen molar-refractivity contribution in [2.45, 2.75) is 46.1 Å². The summed E-state index contributed by atoms with van der Waals surface area (Å²) in [4.78, 5) is 11.3. The van der Waals surface area contributed by atoms with Gasteiger partial charge in [-0.2, -0.15) is 0 Å². The number of piperidine rings is 1. The Morgan fingerprint density at radius 3 is 2.61 bits per heavy atom. The highest BCUT2D eigenvalue weighted by Crippen LogP contribution is 2.16. The van der Waals surface area contributed by atoms with Gasteiger partial charge in [-0.05, 0) is 39.7 Å². The van der Waals surface area contributed by atoms with Crippen LogP contribution >= 0.6 is 0 Å². The minimum atomic E-state index is 0.562. The Kier molecular flexibility index (Phi) is 4.53. The van der Waals surface area contributed by atoms with Crippen molar-refractivity contribution in [1.29, 1.82) is 0 Å². The first kappa shape index (κ1) is 13.3. The molecule has 2 heterocycles.